The van der Waals surface area contributed by atoms with E-state index in [0.29, 0.717) is 37.0 Å². The Hall–Kier alpha value is -1.16. The molecule has 8 nitrogen and oxygen atoms in total. The largest absolute Gasteiger partial charge is 0.388 e. The average molecular weight is 384 g/mol. The molecule has 1 amide bonds. The Kier molecular flexibility index (Phi) is 5.91. The highest BCUT2D eigenvalue weighted by atomic mass is 32.2. The quantitative estimate of drug-likeness (QED) is 0.716. The molecule has 0 saturated carbocycles. The van der Waals surface area contributed by atoms with Gasteiger partial charge in [-0.1, -0.05) is 25.6 Å². The number of aliphatic hydroxyl groups is 1. The number of ether oxygens (including phenoxy) is 1. The smallest absolute Gasteiger partial charge is 0.233 e. The van der Waals surface area contributed by atoms with Crippen LogP contribution in [0.2, 0.25) is 0 Å². The molecule has 146 valence electrons. The standard InChI is InChI=1S/C17H29N5O3S/c1-13-18-15(20-19-13)26-10-14(23)22-5-4-17(24,16(2,3)11-22)12-21-6-8-25-9-7-21/h24H,4-12H2,1-3H3,(H,18,19,20)/t17-/m0/s1. The van der Waals surface area contributed by atoms with Gasteiger partial charge in [-0.25, -0.2) is 4.98 Å². The molecule has 1 atom stereocenters. The summed E-state index contributed by atoms with van der Waals surface area (Å²) in [6.45, 7) is 10.9. The minimum Gasteiger partial charge on any atom is -0.388 e. The van der Waals surface area contributed by atoms with E-state index in [1.807, 2.05) is 11.8 Å². The van der Waals surface area contributed by atoms with E-state index in [9.17, 15) is 9.90 Å². The molecule has 3 heterocycles. The van der Waals surface area contributed by atoms with Crippen molar-refractivity contribution in [2.45, 2.75) is 37.9 Å². The topological polar surface area (TPSA) is 94.6 Å². The van der Waals surface area contributed by atoms with Crippen molar-refractivity contribution in [3.8, 4) is 0 Å². The Bertz CT molecular complexity index is 632. The number of likely N-dealkylation sites (tertiary alicyclic amines) is 1. The summed E-state index contributed by atoms with van der Waals surface area (Å²) < 4.78 is 5.40. The molecule has 2 saturated heterocycles. The van der Waals surface area contributed by atoms with Crippen molar-refractivity contribution in [2.75, 3.05) is 51.7 Å². The number of rotatable bonds is 5. The second-order valence-corrected chi connectivity index (χ2v) is 8.80. The maximum atomic E-state index is 12.6. The molecule has 2 aliphatic rings. The number of aryl methyl sites for hydroxylation is 1. The molecule has 2 aliphatic heterocycles. The fourth-order valence-corrected chi connectivity index (χ4v) is 4.35. The number of H-pyrrole nitrogens is 1. The molecule has 0 radical (unpaired) electrons. The summed E-state index contributed by atoms with van der Waals surface area (Å²) in [6.07, 6.45) is 0.591. The number of morpholine rings is 1. The Morgan fingerprint density at radius 1 is 1.35 bits per heavy atom. The number of aromatic nitrogens is 3. The molecule has 9 heteroatoms. The third-order valence-electron chi connectivity index (χ3n) is 5.48. The summed E-state index contributed by atoms with van der Waals surface area (Å²) in [5.74, 6) is 1.13. The number of hydrogen-bond donors (Lipinski definition) is 2. The highest BCUT2D eigenvalue weighted by Gasteiger charge is 2.49. The van der Waals surface area contributed by atoms with Gasteiger partial charge in [-0.05, 0) is 13.3 Å². The van der Waals surface area contributed by atoms with Crippen LogP contribution in [0.25, 0.3) is 0 Å². The molecular formula is C17H29N5O3S. The van der Waals surface area contributed by atoms with Gasteiger partial charge in [0.1, 0.15) is 5.82 Å². The van der Waals surface area contributed by atoms with Crippen LogP contribution in [0, 0.1) is 12.3 Å². The fraction of sp³-hybridized carbons (Fsp3) is 0.824. The van der Waals surface area contributed by atoms with Gasteiger partial charge in [-0.15, -0.1) is 5.10 Å². The number of carbonyl (C=O) groups is 1. The number of nitrogens with zero attached hydrogens (tertiary/aromatic N) is 4. The monoisotopic (exact) mass is 383 g/mol. The van der Waals surface area contributed by atoms with Crippen LogP contribution in [0.4, 0.5) is 0 Å². The van der Waals surface area contributed by atoms with E-state index >= 15 is 0 Å². The first-order chi connectivity index (χ1) is 12.3. The highest BCUT2D eigenvalue weighted by Crippen LogP contribution is 2.39. The number of hydrogen-bond acceptors (Lipinski definition) is 7. The molecule has 0 aromatic carbocycles. The van der Waals surface area contributed by atoms with Crippen LogP contribution in [-0.4, -0.2) is 93.3 Å². The zero-order valence-corrected chi connectivity index (χ0v) is 16.6. The molecule has 0 unspecified atom stereocenters. The van der Waals surface area contributed by atoms with Gasteiger partial charge in [0.05, 0.1) is 24.6 Å². The number of amides is 1. The SMILES string of the molecule is Cc1nc(SCC(=O)N2CC[C@](O)(CN3CCOCC3)C(C)(C)C2)n[nH]1. The lowest BCUT2D eigenvalue weighted by atomic mass is 9.69. The first-order valence-corrected chi connectivity index (χ1v) is 10.1. The minimum absolute atomic E-state index is 0.0685. The number of thioether (sulfide) groups is 1. The van der Waals surface area contributed by atoms with Crippen molar-refractivity contribution in [2.24, 2.45) is 5.41 Å². The van der Waals surface area contributed by atoms with E-state index in [0.717, 1.165) is 32.1 Å². The molecule has 1 aromatic heterocycles. The van der Waals surface area contributed by atoms with Crippen LogP contribution in [0.3, 0.4) is 0 Å². The maximum Gasteiger partial charge on any atom is 0.233 e. The zero-order chi connectivity index (χ0) is 18.8. The summed E-state index contributed by atoms with van der Waals surface area (Å²) in [4.78, 5) is 20.9. The van der Waals surface area contributed by atoms with Crippen molar-refractivity contribution in [1.82, 2.24) is 25.0 Å². The molecule has 0 aliphatic carbocycles. The van der Waals surface area contributed by atoms with Gasteiger partial charge >= 0.3 is 0 Å². The molecule has 0 spiro atoms. The zero-order valence-electron chi connectivity index (χ0n) is 15.8. The van der Waals surface area contributed by atoms with Crippen LogP contribution in [-0.2, 0) is 9.53 Å². The summed E-state index contributed by atoms with van der Waals surface area (Å²) in [5, 5.41) is 18.7. The van der Waals surface area contributed by atoms with Gasteiger partial charge < -0.3 is 14.7 Å². The average Bonchev–Trinajstić information content (AvgIpc) is 3.01. The number of aromatic amines is 1. The predicted molar refractivity (Wildman–Crippen MR) is 99.0 cm³/mol. The Balaban J connectivity index is 1.55. The lowest BCUT2D eigenvalue weighted by Gasteiger charge is -2.52. The van der Waals surface area contributed by atoms with Crippen molar-refractivity contribution in [3.63, 3.8) is 0 Å². The Morgan fingerprint density at radius 3 is 2.69 bits per heavy atom. The van der Waals surface area contributed by atoms with Crippen LogP contribution < -0.4 is 0 Å². The van der Waals surface area contributed by atoms with E-state index in [1.54, 1.807) is 0 Å². The van der Waals surface area contributed by atoms with Gasteiger partial charge in [0.15, 0.2) is 0 Å². The summed E-state index contributed by atoms with van der Waals surface area (Å²) in [7, 11) is 0. The maximum absolute atomic E-state index is 12.6. The molecule has 1 aromatic rings. The molecule has 0 bridgehead atoms. The molecule has 2 fully saturated rings. The molecular weight excluding hydrogens is 354 g/mol. The van der Waals surface area contributed by atoms with Crippen LogP contribution in [0.1, 0.15) is 26.1 Å². The van der Waals surface area contributed by atoms with E-state index in [-0.39, 0.29) is 11.3 Å². The third-order valence-corrected chi connectivity index (χ3v) is 6.32. The van der Waals surface area contributed by atoms with Gasteiger partial charge in [-0.2, -0.15) is 0 Å². The van der Waals surface area contributed by atoms with E-state index in [2.05, 4.69) is 33.9 Å². The third kappa shape index (κ3) is 4.39. The Labute approximate surface area is 158 Å². The molecule has 3 rings (SSSR count). The van der Waals surface area contributed by atoms with E-state index < -0.39 is 5.60 Å². The lowest BCUT2D eigenvalue weighted by Crippen LogP contribution is -2.63. The van der Waals surface area contributed by atoms with Gasteiger partial charge in [0.25, 0.3) is 0 Å². The number of β-amino-alcohol motifs (C(OH)–C–C–N with tert-alkyl or cyclic N) is 1. The van der Waals surface area contributed by atoms with Gasteiger partial charge in [0, 0.05) is 38.1 Å². The molecule has 26 heavy (non-hydrogen) atoms. The second kappa shape index (κ2) is 7.84. The van der Waals surface area contributed by atoms with Crippen LogP contribution in [0.5, 0.6) is 0 Å². The second-order valence-electron chi connectivity index (χ2n) is 7.86. The van der Waals surface area contributed by atoms with Gasteiger partial charge in [0.2, 0.25) is 11.1 Å². The Morgan fingerprint density at radius 2 is 2.08 bits per heavy atom. The number of carbonyl (C=O) groups excluding carboxylic acids is 1. The van der Waals surface area contributed by atoms with Crippen molar-refractivity contribution in [3.05, 3.63) is 5.82 Å². The fourth-order valence-electron chi connectivity index (χ4n) is 3.60. The van der Waals surface area contributed by atoms with Crippen LogP contribution in [0.15, 0.2) is 5.16 Å². The number of piperidine rings is 1. The van der Waals surface area contributed by atoms with E-state index in [4.69, 9.17) is 4.74 Å². The summed E-state index contributed by atoms with van der Waals surface area (Å²) >= 11 is 1.34. The first kappa shape index (κ1) is 19.6. The predicted octanol–water partition coefficient (Wildman–Crippen LogP) is 0.527. The highest BCUT2D eigenvalue weighted by molar-refractivity contribution is 7.99. The lowest BCUT2D eigenvalue weighted by molar-refractivity contribution is -0.155. The normalized spacial score (nSPS) is 26.8. The van der Waals surface area contributed by atoms with Crippen molar-refractivity contribution < 1.29 is 14.6 Å². The summed E-state index contributed by atoms with van der Waals surface area (Å²) in [5.41, 5.74) is -1.17. The van der Waals surface area contributed by atoms with Crippen LogP contribution >= 0.6 is 11.8 Å². The molecule has 2 N–H and O–H groups in total. The number of nitrogens with one attached hydrogen (secondary N) is 1. The van der Waals surface area contributed by atoms with Crippen molar-refractivity contribution >= 4 is 17.7 Å². The van der Waals surface area contributed by atoms with E-state index in [1.165, 1.54) is 11.8 Å². The minimum atomic E-state index is -0.797. The van der Waals surface area contributed by atoms with Gasteiger partial charge in [-0.3, -0.25) is 14.8 Å². The first-order valence-electron chi connectivity index (χ1n) is 9.11. The summed E-state index contributed by atoms with van der Waals surface area (Å²) in [6, 6.07) is 0. The van der Waals surface area contributed by atoms with Crippen molar-refractivity contribution in [1.29, 1.82) is 0 Å².